The Labute approximate surface area is 81.8 Å². The van der Waals surface area contributed by atoms with Gasteiger partial charge in [-0.1, -0.05) is 0 Å². The van der Waals surface area contributed by atoms with Crippen LogP contribution >= 0.6 is 0 Å². The van der Waals surface area contributed by atoms with Crippen molar-refractivity contribution >= 4 is 12.0 Å². The average molecular weight is 199 g/mol. The second-order valence-corrected chi connectivity index (χ2v) is 3.37. The van der Waals surface area contributed by atoms with Gasteiger partial charge in [0, 0.05) is 13.2 Å². The van der Waals surface area contributed by atoms with Gasteiger partial charge in [-0.15, -0.1) is 0 Å². The molecule has 1 atom stereocenters. The first kappa shape index (κ1) is 10.9. The molecule has 1 unspecified atom stereocenters. The molecule has 0 aromatic heterocycles. The number of hydrogen-bond donors (Lipinski definition) is 1. The summed E-state index contributed by atoms with van der Waals surface area (Å²) in [6.45, 7) is 1.34. The van der Waals surface area contributed by atoms with Gasteiger partial charge in [0.1, 0.15) is 0 Å². The van der Waals surface area contributed by atoms with Crippen LogP contribution in [0.25, 0.3) is 0 Å². The van der Waals surface area contributed by atoms with Gasteiger partial charge >= 0.3 is 5.97 Å². The first-order chi connectivity index (χ1) is 6.74. The molecule has 1 fully saturated rings. The quantitative estimate of drug-likeness (QED) is 0.531. The molecule has 1 aliphatic heterocycles. The Balaban J connectivity index is 2.45. The van der Waals surface area contributed by atoms with Crippen molar-refractivity contribution in [3.05, 3.63) is 0 Å². The lowest BCUT2D eigenvalue weighted by molar-refractivity contribution is -0.139. The SMILES string of the molecule is O=C=NC(CC1CCOCC1)C(=O)O. The molecule has 5 heteroatoms. The molecule has 1 rings (SSSR count). The van der Waals surface area contributed by atoms with E-state index in [-0.39, 0.29) is 0 Å². The summed E-state index contributed by atoms with van der Waals surface area (Å²) in [6.07, 6.45) is 3.40. The van der Waals surface area contributed by atoms with Gasteiger partial charge in [-0.2, -0.15) is 4.99 Å². The second kappa shape index (κ2) is 5.52. The Morgan fingerprint density at radius 3 is 2.71 bits per heavy atom. The van der Waals surface area contributed by atoms with E-state index in [2.05, 4.69) is 4.99 Å². The van der Waals surface area contributed by atoms with E-state index in [9.17, 15) is 9.59 Å². The van der Waals surface area contributed by atoms with Gasteiger partial charge in [0.15, 0.2) is 6.04 Å². The monoisotopic (exact) mass is 199 g/mol. The van der Waals surface area contributed by atoms with E-state index in [0.29, 0.717) is 25.6 Å². The van der Waals surface area contributed by atoms with E-state index in [4.69, 9.17) is 9.84 Å². The fourth-order valence-corrected chi connectivity index (χ4v) is 1.57. The number of carbonyl (C=O) groups excluding carboxylic acids is 1. The maximum absolute atomic E-state index is 10.7. The van der Waals surface area contributed by atoms with Crippen molar-refractivity contribution in [3.63, 3.8) is 0 Å². The van der Waals surface area contributed by atoms with E-state index in [1.54, 1.807) is 0 Å². The second-order valence-electron chi connectivity index (χ2n) is 3.37. The van der Waals surface area contributed by atoms with Crippen LogP contribution in [0.3, 0.4) is 0 Å². The lowest BCUT2D eigenvalue weighted by Crippen LogP contribution is -2.25. The minimum absolute atomic E-state index is 0.293. The number of carboxylic acids is 1. The highest BCUT2D eigenvalue weighted by atomic mass is 16.5. The summed E-state index contributed by atoms with van der Waals surface area (Å²) in [6, 6.07) is -0.935. The van der Waals surface area contributed by atoms with Crippen LogP contribution in [-0.4, -0.2) is 36.4 Å². The minimum atomic E-state index is -1.06. The fourth-order valence-electron chi connectivity index (χ4n) is 1.57. The average Bonchev–Trinajstić information content (AvgIpc) is 2.18. The Morgan fingerprint density at radius 1 is 1.57 bits per heavy atom. The van der Waals surface area contributed by atoms with Crippen LogP contribution < -0.4 is 0 Å². The standard InChI is InChI=1S/C9H13NO4/c11-6-10-8(9(12)13)5-7-1-3-14-4-2-7/h7-8H,1-5H2,(H,12,13). The molecule has 0 saturated carbocycles. The van der Waals surface area contributed by atoms with Crippen LogP contribution in [-0.2, 0) is 14.3 Å². The molecular weight excluding hydrogens is 186 g/mol. The highest BCUT2D eigenvalue weighted by Gasteiger charge is 2.23. The van der Waals surface area contributed by atoms with Crippen molar-refractivity contribution in [2.45, 2.75) is 25.3 Å². The van der Waals surface area contributed by atoms with Crippen molar-refractivity contribution in [3.8, 4) is 0 Å². The largest absolute Gasteiger partial charge is 0.480 e. The van der Waals surface area contributed by atoms with Crippen LogP contribution in [0.4, 0.5) is 0 Å². The van der Waals surface area contributed by atoms with Gasteiger partial charge in [0.2, 0.25) is 6.08 Å². The zero-order valence-electron chi connectivity index (χ0n) is 7.81. The molecule has 5 nitrogen and oxygen atoms in total. The molecule has 0 bridgehead atoms. The zero-order valence-corrected chi connectivity index (χ0v) is 7.81. The number of hydrogen-bond acceptors (Lipinski definition) is 4. The molecule has 1 heterocycles. The minimum Gasteiger partial charge on any atom is -0.480 e. The van der Waals surface area contributed by atoms with Crippen molar-refractivity contribution < 1.29 is 19.4 Å². The molecule has 1 saturated heterocycles. The maximum atomic E-state index is 10.7. The Bertz CT molecular complexity index is 239. The third-order valence-electron chi connectivity index (χ3n) is 2.39. The van der Waals surface area contributed by atoms with E-state index >= 15 is 0 Å². The number of carbonyl (C=O) groups is 1. The smallest absolute Gasteiger partial charge is 0.329 e. The topological polar surface area (TPSA) is 76.0 Å². The molecule has 14 heavy (non-hydrogen) atoms. The molecule has 0 aromatic rings. The number of aliphatic imine (C=N–C) groups is 1. The highest BCUT2D eigenvalue weighted by molar-refractivity contribution is 5.74. The Hall–Kier alpha value is -1.19. The van der Waals surface area contributed by atoms with Crippen LogP contribution in [0, 0.1) is 5.92 Å². The Kier molecular flexibility index (Phi) is 4.29. The maximum Gasteiger partial charge on any atom is 0.329 e. The molecule has 0 radical (unpaired) electrons. The van der Waals surface area contributed by atoms with Crippen LogP contribution in [0.2, 0.25) is 0 Å². The zero-order chi connectivity index (χ0) is 10.4. The molecule has 78 valence electrons. The number of nitrogens with zero attached hydrogens (tertiary/aromatic N) is 1. The summed E-state index contributed by atoms with van der Waals surface area (Å²) in [7, 11) is 0. The van der Waals surface area contributed by atoms with E-state index < -0.39 is 12.0 Å². The van der Waals surface area contributed by atoms with Crippen molar-refractivity contribution in [2.24, 2.45) is 10.9 Å². The van der Waals surface area contributed by atoms with Gasteiger partial charge in [0.25, 0.3) is 0 Å². The number of aliphatic carboxylic acids is 1. The number of rotatable bonds is 4. The van der Waals surface area contributed by atoms with Crippen LogP contribution in [0.15, 0.2) is 4.99 Å². The van der Waals surface area contributed by atoms with Crippen molar-refractivity contribution in [2.75, 3.05) is 13.2 Å². The summed E-state index contributed by atoms with van der Waals surface area (Å²) >= 11 is 0. The normalized spacial score (nSPS) is 19.7. The summed E-state index contributed by atoms with van der Waals surface area (Å²) in [5, 5.41) is 8.73. The molecule has 0 spiro atoms. The lowest BCUT2D eigenvalue weighted by Gasteiger charge is -2.22. The number of isocyanates is 1. The summed E-state index contributed by atoms with van der Waals surface area (Å²) in [5.41, 5.74) is 0. The van der Waals surface area contributed by atoms with Crippen LogP contribution in [0.5, 0.6) is 0 Å². The van der Waals surface area contributed by atoms with Crippen molar-refractivity contribution in [1.29, 1.82) is 0 Å². The molecule has 0 amide bonds. The molecule has 0 aliphatic carbocycles. The van der Waals surface area contributed by atoms with Gasteiger partial charge in [-0.3, -0.25) is 0 Å². The number of ether oxygens (including phenoxy) is 1. The Morgan fingerprint density at radius 2 is 2.21 bits per heavy atom. The van der Waals surface area contributed by atoms with E-state index in [1.165, 1.54) is 6.08 Å². The van der Waals surface area contributed by atoms with Crippen molar-refractivity contribution in [1.82, 2.24) is 0 Å². The third kappa shape index (κ3) is 3.28. The van der Waals surface area contributed by atoms with Gasteiger partial charge in [-0.05, 0) is 25.2 Å². The molecule has 1 N–H and O–H groups in total. The summed E-state index contributed by atoms with van der Waals surface area (Å²) in [5.74, 6) is -0.762. The van der Waals surface area contributed by atoms with Gasteiger partial charge < -0.3 is 9.84 Å². The predicted molar refractivity (Wildman–Crippen MR) is 47.7 cm³/mol. The van der Waals surface area contributed by atoms with Crippen LogP contribution in [0.1, 0.15) is 19.3 Å². The number of carboxylic acid groups (broad SMARTS) is 1. The highest BCUT2D eigenvalue weighted by Crippen LogP contribution is 2.21. The summed E-state index contributed by atoms with van der Waals surface area (Å²) < 4.78 is 5.15. The molecule has 1 aliphatic rings. The fraction of sp³-hybridized carbons (Fsp3) is 0.778. The van der Waals surface area contributed by atoms with Gasteiger partial charge in [-0.25, -0.2) is 9.59 Å². The third-order valence-corrected chi connectivity index (χ3v) is 2.39. The van der Waals surface area contributed by atoms with E-state index in [0.717, 1.165) is 12.8 Å². The lowest BCUT2D eigenvalue weighted by atomic mass is 9.93. The molecular formula is C9H13NO4. The molecule has 0 aromatic carbocycles. The van der Waals surface area contributed by atoms with E-state index in [1.807, 2.05) is 0 Å². The first-order valence-electron chi connectivity index (χ1n) is 4.61. The summed E-state index contributed by atoms with van der Waals surface area (Å²) in [4.78, 5) is 23.9. The first-order valence-corrected chi connectivity index (χ1v) is 4.61. The van der Waals surface area contributed by atoms with Gasteiger partial charge in [0.05, 0.1) is 0 Å². The predicted octanol–water partition coefficient (Wildman–Crippen LogP) is 0.592.